The molecule has 0 spiro atoms. The molecule has 2 N–H and O–H groups in total. The third kappa shape index (κ3) is 3.42. The van der Waals surface area contributed by atoms with Gasteiger partial charge in [-0.25, -0.2) is 4.98 Å². The van der Waals surface area contributed by atoms with Gasteiger partial charge < -0.3 is 15.4 Å². The van der Waals surface area contributed by atoms with Crippen molar-refractivity contribution in [2.45, 2.75) is 13.1 Å². The van der Waals surface area contributed by atoms with Crippen LogP contribution in [-0.2, 0) is 13.1 Å². The number of amides is 1. The van der Waals surface area contributed by atoms with Gasteiger partial charge in [0, 0.05) is 30.9 Å². The Hall–Kier alpha value is -3.41. The number of aromatic nitrogens is 2. The predicted octanol–water partition coefficient (Wildman–Crippen LogP) is 3.12. The van der Waals surface area contributed by atoms with Crippen LogP contribution in [0.2, 0.25) is 0 Å². The molecule has 1 aliphatic heterocycles. The van der Waals surface area contributed by atoms with E-state index in [1.54, 1.807) is 12.3 Å². The number of para-hydroxylation sites is 1. The molecule has 6 nitrogen and oxygen atoms in total. The summed E-state index contributed by atoms with van der Waals surface area (Å²) in [6, 6.07) is 17.0. The van der Waals surface area contributed by atoms with E-state index >= 15 is 0 Å². The van der Waals surface area contributed by atoms with Crippen molar-refractivity contribution < 1.29 is 9.53 Å². The molecule has 4 rings (SSSR count). The van der Waals surface area contributed by atoms with E-state index in [1.807, 2.05) is 48.5 Å². The predicted molar refractivity (Wildman–Crippen MR) is 93.5 cm³/mol. The Kier molecular flexibility index (Phi) is 4.00. The number of carbonyl (C=O) groups excluding carboxylic acids is 1. The summed E-state index contributed by atoms with van der Waals surface area (Å²) < 4.78 is 5.71. The molecule has 1 aromatic heterocycles. The second-order valence-corrected chi connectivity index (χ2v) is 5.66. The molecule has 2 heterocycles. The Balaban J connectivity index is 1.43. The first-order valence-electron chi connectivity index (χ1n) is 7.98. The fraction of sp³-hybridized carbons (Fsp3) is 0.105. The third-order valence-electron chi connectivity index (χ3n) is 3.90. The average Bonchev–Trinajstić information content (AvgIpc) is 3.02. The largest absolute Gasteiger partial charge is 0.439 e. The van der Waals surface area contributed by atoms with Gasteiger partial charge in [-0.15, -0.1) is 0 Å². The van der Waals surface area contributed by atoms with Crippen molar-refractivity contribution >= 4 is 11.9 Å². The summed E-state index contributed by atoms with van der Waals surface area (Å²) in [4.78, 5) is 20.2. The van der Waals surface area contributed by atoms with Crippen molar-refractivity contribution in [3.05, 3.63) is 77.5 Å². The molecule has 0 aliphatic carbocycles. The lowest BCUT2D eigenvalue weighted by atomic mass is 10.1. The van der Waals surface area contributed by atoms with E-state index in [1.165, 1.54) is 0 Å². The second kappa shape index (κ2) is 6.60. The highest BCUT2D eigenvalue weighted by atomic mass is 16.5. The zero-order chi connectivity index (χ0) is 17.1. The lowest BCUT2D eigenvalue weighted by molar-refractivity contribution is 0.0966. The molecule has 0 saturated carbocycles. The number of ether oxygens (including phenoxy) is 1. The van der Waals surface area contributed by atoms with E-state index in [2.05, 4.69) is 20.6 Å². The van der Waals surface area contributed by atoms with Gasteiger partial charge in [-0.05, 0) is 29.3 Å². The van der Waals surface area contributed by atoms with Crippen molar-refractivity contribution in [1.29, 1.82) is 0 Å². The molecule has 0 bridgehead atoms. The second-order valence-electron chi connectivity index (χ2n) is 5.66. The highest BCUT2D eigenvalue weighted by molar-refractivity contribution is 5.98. The average molecular weight is 332 g/mol. The van der Waals surface area contributed by atoms with Crippen LogP contribution in [0.4, 0.5) is 5.95 Å². The molecule has 0 atom stereocenters. The van der Waals surface area contributed by atoms with Crippen LogP contribution in [0.3, 0.4) is 0 Å². The summed E-state index contributed by atoms with van der Waals surface area (Å²) in [7, 11) is 0. The van der Waals surface area contributed by atoms with E-state index in [4.69, 9.17) is 4.74 Å². The summed E-state index contributed by atoms with van der Waals surface area (Å²) in [5.74, 6) is 1.68. The maximum Gasteiger partial charge on any atom is 0.251 e. The van der Waals surface area contributed by atoms with Crippen molar-refractivity contribution in [2.75, 3.05) is 5.32 Å². The molecule has 0 radical (unpaired) electrons. The SMILES string of the molecule is O=C1NCc2cc(CNc3nccc(Oc4ccccc4)n3)ccc21. The number of hydrogen-bond acceptors (Lipinski definition) is 5. The first-order valence-corrected chi connectivity index (χ1v) is 7.98. The minimum Gasteiger partial charge on any atom is -0.439 e. The molecular formula is C19H16N4O2. The van der Waals surface area contributed by atoms with Crippen LogP contribution in [0.1, 0.15) is 21.5 Å². The zero-order valence-electron chi connectivity index (χ0n) is 13.4. The van der Waals surface area contributed by atoms with Gasteiger partial charge in [0.05, 0.1) is 0 Å². The van der Waals surface area contributed by atoms with Gasteiger partial charge in [-0.1, -0.05) is 30.3 Å². The maximum absolute atomic E-state index is 11.6. The Bertz CT molecular complexity index is 912. The maximum atomic E-state index is 11.6. The number of fused-ring (bicyclic) bond motifs is 1. The number of nitrogens with zero attached hydrogens (tertiary/aromatic N) is 2. The van der Waals surface area contributed by atoms with Crippen LogP contribution in [-0.4, -0.2) is 15.9 Å². The fourth-order valence-electron chi connectivity index (χ4n) is 2.67. The molecule has 124 valence electrons. The van der Waals surface area contributed by atoms with Gasteiger partial charge >= 0.3 is 0 Å². The highest BCUT2D eigenvalue weighted by Gasteiger charge is 2.18. The molecule has 25 heavy (non-hydrogen) atoms. The number of benzene rings is 2. The standard InChI is InChI=1S/C19H16N4O2/c24-18-16-7-6-13(10-14(16)12-21-18)11-22-19-20-9-8-17(23-19)25-15-4-2-1-3-5-15/h1-10H,11-12H2,(H,21,24)(H,20,22,23). The van der Waals surface area contributed by atoms with Crippen molar-refractivity contribution in [3.8, 4) is 11.6 Å². The molecule has 2 aromatic carbocycles. The normalized spacial score (nSPS) is 12.4. The smallest absolute Gasteiger partial charge is 0.251 e. The molecule has 0 saturated heterocycles. The molecule has 0 fully saturated rings. The molecular weight excluding hydrogens is 316 g/mol. The molecule has 3 aromatic rings. The van der Waals surface area contributed by atoms with E-state index < -0.39 is 0 Å². The van der Waals surface area contributed by atoms with E-state index in [9.17, 15) is 4.79 Å². The first-order chi connectivity index (χ1) is 12.3. The summed E-state index contributed by atoms with van der Waals surface area (Å²) in [5, 5.41) is 6.00. The number of anilines is 1. The number of rotatable bonds is 5. The zero-order valence-corrected chi connectivity index (χ0v) is 13.4. The molecule has 1 aliphatic rings. The Morgan fingerprint density at radius 1 is 1.12 bits per heavy atom. The van der Waals surface area contributed by atoms with E-state index in [-0.39, 0.29) is 5.91 Å². The van der Waals surface area contributed by atoms with Crippen LogP contribution in [0.15, 0.2) is 60.8 Å². The Morgan fingerprint density at radius 2 is 2.00 bits per heavy atom. The van der Waals surface area contributed by atoms with E-state index in [0.717, 1.165) is 22.4 Å². The summed E-state index contributed by atoms with van der Waals surface area (Å²) in [5.41, 5.74) is 2.83. The molecule has 6 heteroatoms. The van der Waals surface area contributed by atoms with E-state index in [0.29, 0.717) is 24.9 Å². The Labute approximate surface area is 144 Å². The monoisotopic (exact) mass is 332 g/mol. The van der Waals surface area contributed by atoms with Crippen molar-refractivity contribution in [3.63, 3.8) is 0 Å². The minimum atomic E-state index is -0.0106. The summed E-state index contributed by atoms with van der Waals surface area (Å²) >= 11 is 0. The number of nitrogens with one attached hydrogen (secondary N) is 2. The Morgan fingerprint density at radius 3 is 2.88 bits per heavy atom. The summed E-state index contributed by atoms with van der Waals surface area (Å²) in [6.45, 7) is 1.15. The summed E-state index contributed by atoms with van der Waals surface area (Å²) in [6.07, 6.45) is 1.65. The lowest BCUT2D eigenvalue weighted by Crippen LogP contribution is -2.12. The van der Waals surface area contributed by atoms with Crippen LogP contribution in [0.5, 0.6) is 11.6 Å². The van der Waals surface area contributed by atoms with Crippen LogP contribution < -0.4 is 15.4 Å². The quantitative estimate of drug-likeness (QED) is 0.751. The molecule has 0 unspecified atom stereocenters. The number of hydrogen-bond donors (Lipinski definition) is 2. The van der Waals surface area contributed by atoms with Crippen LogP contribution in [0, 0.1) is 0 Å². The fourth-order valence-corrected chi connectivity index (χ4v) is 2.67. The van der Waals surface area contributed by atoms with Gasteiger partial charge in [-0.3, -0.25) is 4.79 Å². The third-order valence-corrected chi connectivity index (χ3v) is 3.90. The lowest BCUT2D eigenvalue weighted by Gasteiger charge is -2.08. The van der Waals surface area contributed by atoms with Crippen molar-refractivity contribution in [2.24, 2.45) is 0 Å². The minimum absolute atomic E-state index is 0.0106. The van der Waals surface area contributed by atoms with Crippen LogP contribution in [0.25, 0.3) is 0 Å². The topological polar surface area (TPSA) is 76.1 Å². The van der Waals surface area contributed by atoms with Gasteiger partial charge in [-0.2, -0.15) is 4.98 Å². The van der Waals surface area contributed by atoms with Crippen LogP contribution >= 0.6 is 0 Å². The van der Waals surface area contributed by atoms with Crippen molar-refractivity contribution in [1.82, 2.24) is 15.3 Å². The molecule has 1 amide bonds. The van der Waals surface area contributed by atoms with Gasteiger partial charge in [0.15, 0.2) is 0 Å². The number of carbonyl (C=O) groups is 1. The first kappa shape index (κ1) is 15.1. The van der Waals surface area contributed by atoms with Gasteiger partial charge in [0.2, 0.25) is 11.8 Å². The van der Waals surface area contributed by atoms with Gasteiger partial charge in [0.25, 0.3) is 5.91 Å². The highest BCUT2D eigenvalue weighted by Crippen LogP contribution is 2.20. The van der Waals surface area contributed by atoms with Gasteiger partial charge in [0.1, 0.15) is 5.75 Å².